The highest BCUT2D eigenvalue weighted by Crippen LogP contribution is 2.27. The summed E-state index contributed by atoms with van der Waals surface area (Å²) in [4.78, 5) is 29.5. The zero-order valence-electron chi connectivity index (χ0n) is 24.6. The second-order valence-corrected chi connectivity index (χ2v) is 13.3. The van der Waals surface area contributed by atoms with Crippen molar-refractivity contribution in [3.8, 4) is 0 Å². The van der Waals surface area contributed by atoms with E-state index in [1.54, 1.807) is 36.4 Å². The van der Waals surface area contributed by atoms with Gasteiger partial charge in [-0.1, -0.05) is 79.7 Å². The Morgan fingerprint density at radius 1 is 0.929 bits per heavy atom. The predicted octanol–water partition coefficient (Wildman–Crippen LogP) is 6.41. The third-order valence-corrected chi connectivity index (χ3v) is 9.98. The molecule has 0 spiro atoms. The third kappa shape index (κ3) is 7.72. The van der Waals surface area contributed by atoms with Gasteiger partial charge in [0.2, 0.25) is 11.8 Å². The molecular formula is C33H40ClN3O4S. The van der Waals surface area contributed by atoms with E-state index in [0.29, 0.717) is 17.1 Å². The highest BCUT2D eigenvalue weighted by molar-refractivity contribution is 7.92. The number of rotatable bonds is 11. The van der Waals surface area contributed by atoms with Crippen LogP contribution in [0.3, 0.4) is 0 Å². The van der Waals surface area contributed by atoms with Gasteiger partial charge in [-0.2, -0.15) is 0 Å². The Morgan fingerprint density at radius 3 is 2.19 bits per heavy atom. The number of benzene rings is 3. The minimum atomic E-state index is -4.13. The molecular weight excluding hydrogens is 570 g/mol. The van der Waals surface area contributed by atoms with E-state index < -0.39 is 28.5 Å². The minimum absolute atomic E-state index is 0.0726. The Balaban J connectivity index is 1.71. The fourth-order valence-corrected chi connectivity index (χ4v) is 6.95. The quantitative estimate of drug-likeness (QED) is 0.272. The van der Waals surface area contributed by atoms with Crippen molar-refractivity contribution in [2.24, 2.45) is 0 Å². The molecule has 1 fully saturated rings. The summed E-state index contributed by atoms with van der Waals surface area (Å²) in [6.45, 7) is 5.42. The van der Waals surface area contributed by atoms with Crippen LogP contribution in [0.25, 0.3) is 0 Å². The van der Waals surface area contributed by atoms with Crippen molar-refractivity contribution < 1.29 is 18.0 Å². The average molecular weight is 610 g/mol. The lowest BCUT2D eigenvalue weighted by molar-refractivity contribution is -0.140. The summed E-state index contributed by atoms with van der Waals surface area (Å²) in [6.07, 6.45) is 5.54. The maximum absolute atomic E-state index is 14.3. The molecule has 0 aliphatic heterocycles. The molecule has 3 aromatic rings. The first kappa shape index (κ1) is 31.6. The Hall–Kier alpha value is -3.36. The summed E-state index contributed by atoms with van der Waals surface area (Å²) in [5.41, 5.74) is 3.11. The maximum Gasteiger partial charge on any atom is 0.264 e. The molecule has 1 aliphatic rings. The number of halogens is 1. The second-order valence-electron chi connectivity index (χ2n) is 11.0. The van der Waals surface area contributed by atoms with Crippen LogP contribution in [0, 0.1) is 13.8 Å². The first-order valence-corrected chi connectivity index (χ1v) is 16.4. The molecule has 2 amide bonds. The molecule has 1 unspecified atom stereocenters. The van der Waals surface area contributed by atoms with Crippen molar-refractivity contribution in [3.05, 3.63) is 94.5 Å². The molecule has 42 heavy (non-hydrogen) atoms. The summed E-state index contributed by atoms with van der Waals surface area (Å²) in [5.74, 6) is -0.666. The van der Waals surface area contributed by atoms with Crippen molar-refractivity contribution in [1.82, 2.24) is 10.2 Å². The van der Waals surface area contributed by atoms with Gasteiger partial charge in [-0.15, -0.1) is 0 Å². The molecule has 1 atom stereocenters. The Kier molecular flexibility index (Phi) is 10.7. The number of sulfonamides is 1. The molecule has 0 heterocycles. The zero-order chi connectivity index (χ0) is 30.3. The van der Waals surface area contributed by atoms with Gasteiger partial charge in [-0.05, 0) is 80.6 Å². The fourth-order valence-electron chi connectivity index (χ4n) is 5.41. The molecule has 0 aromatic heterocycles. The van der Waals surface area contributed by atoms with Gasteiger partial charge in [-0.25, -0.2) is 8.42 Å². The van der Waals surface area contributed by atoms with Gasteiger partial charge in [0.15, 0.2) is 0 Å². The standard InChI is InChI=1S/C33H40ClN3O4S/c1-4-31(33(39)35-28-12-6-5-7-13-28)36(22-26-11-9-8-10-25(26)3)32(38)23-37(29-18-16-27(34)17-19-29)42(40,41)30-20-14-24(2)15-21-30/h8-11,14-21,28,31H,4-7,12-13,22-23H2,1-3H3,(H,35,39). The van der Waals surface area contributed by atoms with Crippen molar-refractivity contribution in [3.63, 3.8) is 0 Å². The van der Waals surface area contributed by atoms with Gasteiger partial charge in [0.05, 0.1) is 10.6 Å². The summed E-state index contributed by atoms with van der Waals surface area (Å²) in [7, 11) is -4.13. The van der Waals surface area contributed by atoms with E-state index in [-0.39, 0.29) is 23.4 Å². The average Bonchev–Trinajstić information content (AvgIpc) is 2.98. The number of anilines is 1. The highest BCUT2D eigenvalue weighted by atomic mass is 35.5. The number of carbonyl (C=O) groups excluding carboxylic acids is 2. The molecule has 4 rings (SSSR count). The zero-order valence-corrected chi connectivity index (χ0v) is 26.1. The minimum Gasteiger partial charge on any atom is -0.352 e. The molecule has 0 saturated heterocycles. The molecule has 3 aromatic carbocycles. The summed E-state index contributed by atoms with van der Waals surface area (Å²) in [5, 5.41) is 3.63. The predicted molar refractivity (Wildman–Crippen MR) is 168 cm³/mol. The molecule has 0 radical (unpaired) electrons. The van der Waals surface area contributed by atoms with E-state index in [0.717, 1.165) is 53.1 Å². The molecule has 9 heteroatoms. The van der Waals surface area contributed by atoms with Crippen LogP contribution in [-0.2, 0) is 26.2 Å². The lowest BCUT2D eigenvalue weighted by atomic mass is 9.95. The summed E-state index contributed by atoms with van der Waals surface area (Å²) >= 11 is 6.11. The van der Waals surface area contributed by atoms with Gasteiger partial charge in [0.1, 0.15) is 12.6 Å². The van der Waals surface area contributed by atoms with Gasteiger partial charge >= 0.3 is 0 Å². The first-order valence-electron chi connectivity index (χ1n) is 14.6. The van der Waals surface area contributed by atoms with Crippen molar-refractivity contribution in [1.29, 1.82) is 0 Å². The summed E-state index contributed by atoms with van der Waals surface area (Å²) < 4.78 is 29.1. The van der Waals surface area contributed by atoms with E-state index in [4.69, 9.17) is 11.6 Å². The molecule has 0 bridgehead atoms. The van der Waals surface area contributed by atoms with E-state index >= 15 is 0 Å². The number of aryl methyl sites for hydroxylation is 2. The lowest BCUT2D eigenvalue weighted by Crippen LogP contribution is -2.54. The molecule has 1 aliphatic carbocycles. The first-order chi connectivity index (χ1) is 20.1. The van der Waals surface area contributed by atoms with Crippen molar-refractivity contribution in [2.45, 2.75) is 82.8 Å². The SMILES string of the molecule is CCC(C(=O)NC1CCCCC1)N(Cc1ccccc1C)C(=O)CN(c1ccc(Cl)cc1)S(=O)(=O)c1ccc(C)cc1. The van der Waals surface area contributed by atoms with Crippen molar-refractivity contribution in [2.75, 3.05) is 10.8 Å². The van der Waals surface area contributed by atoms with Crippen LogP contribution in [0.2, 0.25) is 5.02 Å². The van der Waals surface area contributed by atoms with Crippen LogP contribution in [-0.4, -0.2) is 43.8 Å². The molecule has 7 nitrogen and oxygen atoms in total. The molecule has 1 saturated carbocycles. The topological polar surface area (TPSA) is 86.8 Å². The number of hydrogen-bond acceptors (Lipinski definition) is 4. The van der Waals surface area contributed by atoms with Crippen LogP contribution in [0.1, 0.15) is 62.1 Å². The normalized spacial score (nSPS) is 14.7. The Labute approximate surface area is 254 Å². The lowest BCUT2D eigenvalue weighted by Gasteiger charge is -2.34. The Morgan fingerprint density at radius 2 is 1.57 bits per heavy atom. The van der Waals surface area contributed by atoms with Gasteiger partial charge in [0.25, 0.3) is 10.0 Å². The van der Waals surface area contributed by atoms with Crippen molar-refractivity contribution >= 4 is 39.1 Å². The summed E-state index contributed by atoms with van der Waals surface area (Å²) in [6, 6.07) is 19.9. The van der Waals surface area contributed by atoms with E-state index in [1.807, 2.05) is 45.0 Å². The van der Waals surface area contributed by atoms with Crippen LogP contribution >= 0.6 is 11.6 Å². The number of amides is 2. The van der Waals surface area contributed by atoms with E-state index in [1.165, 1.54) is 17.0 Å². The molecule has 1 N–H and O–H groups in total. The number of carbonyl (C=O) groups is 2. The van der Waals surface area contributed by atoms with Gasteiger partial charge in [0, 0.05) is 17.6 Å². The van der Waals surface area contributed by atoms with Crippen LogP contribution in [0.4, 0.5) is 5.69 Å². The second kappa shape index (κ2) is 14.2. The fraction of sp³-hybridized carbons (Fsp3) is 0.394. The monoisotopic (exact) mass is 609 g/mol. The highest BCUT2D eigenvalue weighted by Gasteiger charge is 2.34. The largest absolute Gasteiger partial charge is 0.352 e. The number of nitrogens with zero attached hydrogens (tertiary/aromatic N) is 2. The number of nitrogens with one attached hydrogen (secondary N) is 1. The van der Waals surface area contributed by atoms with Gasteiger partial charge < -0.3 is 10.2 Å². The van der Waals surface area contributed by atoms with Crippen LogP contribution < -0.4 is 9.62 Å². The molecule has 224 valence electrons. The van der Waals surface area contributed by atoms with E-state index in [2.05, 4.69) is 5.32 Å². The van der Waals surface area contributed by atoms with Crippen LogP contribution in [0.5, 0.6) is 0 Å². The smallest absolute Gasteiger partial charge is 0.264 e. The maximum atomic E-state index is 14.3. The van der Waals surface area contributed by atoms with Crippen LogP contribution in [0.15, 0.2) is 77.7 Å². The number of hydrogen-bond donors (Lipinski definition) is 1. The van der Waals surface area contributed by atoms with Gasteiger partial charge in [-0.3, -0.25) is 13.9 Å². The van der Waals surface area contributed by atoms with E-state index in [9.17, 15) is 18.0 Å². The third-order valence-electron chi connectivity index (χ3n) is 7.94. The Bertz CT molecular complexity index is 1470.